The van der Waals surface area contributed by atoms with E-state index in [1.807, 2.05) is 31.2 Å². The number of benzene rings is 1. The summed E-state index contributed by atoms with van der Waals surface area (Å²) in [4.78, 5) is 15.4. The Labute approximate surface area is 92.2 Å². The molecule has 0 aromatic heterocycles. The van der Waals surface area contributed by atoms with Crippen molar-refractivity contribution in [2.24, 2.45) is 4.99 Å². The van der Waals surface area contributed by atoms with Gasteiger partial charge in [-0.3, -0.25) is 4.79 Å². The smallest absolute Gasteiger partial charge is 0.173 e. The Bertz CT molecular complexity index is 371. The maximum Gasteiger partial charge on any atom is 0.173 e. The lowest BCUT2D eigenvalue weighted by Crippen LogP contribution is -2.07. The second-order valence-corrected chi connectivity index (χ2v) is 3.77. The molecular weight excluding hydrogens is 242 g/mol. The van der Waals surface area contributed by atoms with Gasteiger partial charge >= 0.3 is 0 Å². The van der Waals surface area contributed by atoms with Crippen LogP contribution in [0.15, 0.2) is 33.7 Å². The molecule has 2 nitrogen and oxygen atoms in total. The highest BCUT2D eigenvalue weighted by Crippen LogP contribution is 2.24. The summed E-state index contributed by atoms with van der Waals surface area (Å²) < 4.78 is 0.909. The van der Waals surface area contributed by atoms with Crippen LogP contribution in [0, 0.1) is 0 Å². The number of para-hydroxylation sites is 1. The first-order chi connectivity index (χ1) is 6.65. The van der Waals surface area contributed by atoms with Crippen molar-refractivity contribution in [2.45, 2.75) is 20.3 Å². The van der Waals surface area contributed by atoms with Crippen molar-refractivity contribution >= 4 is 33.1 Å². The van der Waals surface area contributed by atoms with Crippen molar-refractivity contribution in [1.82, 2.24) is 0 Å². The van der Waals surface area contributed by atoms with Gasteiger partial charge in [0.2, 0.25) is 0 Å². The molecule has 0 amide bonds. The van der Waals surface area contributed by atoms with E-state index in [2.05, 4.69) is 20.9 Å². The molecule has 74 valence electrons. The van der Waals surface area contributed by atoms with Crippen LogP contribution in [0.5, 0.6) is 0 Å². The van der Waals surface area contributed by atoms with Gasteiger partial charge in [0.15, 0.2) is 5.78 Å². The summed E-state index contributed by atoms with van der Waals surface area (Å²) in [6, 6.07) is 7.61. The molecule has 0 fully saturated rings. The molecule has 0 heterocycles. The molecule has 0 saturated heterocycles. The van der Waals surface area contributed by atoms with Gasteiger partial charge in [-0.15, -0.1) is 0 Å². The second-order valence-electron chi connectivity index (χ2n) is 2.92. The van der Waals surface area contributed by atoms with Gasteiger partial charge in [0.1, 0.15) is 0 Å². The molecule has 0 radical (unpaired) electrons. The Balaban J connectivity index is 3.07. The van der Waals surface area contributed by atoms with Gasteiger partial charge in [0.05, 0.1) is 11.4 Å². The van der Waals surface area contributed by atoms with Gasteiger partial charge in [-0.25, -0.2) is 4.99 Å². The molecule has 0 atom stereocenters. The van der Waals surface area contributed by atoms with Crippen molar-refractivity contribution in [1.29, 1.82) is 0 Å². The normalized spacial score (nSPS) is 11.5. The molecule has 0 N–H and O–H groups in total. The molecule has 0 spiro atoms. The fourth-order valence-electron chi connectivity index (χ4n) is 1.09. The van der Waals surface area contributed by atoms with Crippen molar-refractivity contribution in [3.63, 3.8) is 0 Å². The number of carbonyl (C=O) groups is 1. The number of aliphatic imine (C=N–C) groups is 1. The Morgan fingerprint density at radius 3 is 2.57 bits per heavy atom. The molecule has 14 heavy (non-hydrogen) atoms. The number of hydrogen-bond acceptors (Lipinski definition) is 2. The molecule has 0 bridgehead atoms. The zero-order chi connectivity index (χ0) is 10.6. The minimum absolute atomic E-state index is 0.0308. The molecule has 0 unspecified atom stereocenters. The van der Waals surface area contributed by atoms with Crippen LogP contribution in [0.3, 0.4) is 0 Å². The summed E-state index contributed by atoms with van der Waals surface area (Å²) >= 11 is 3.38. The average Bonchev–Trinajstić information content (AvgIpc) is 2.16. The predicted molar refractivity (Wildman–Crippen MR) is 62.2 cm³/mol. The van der Waals surface area contributed by atoms with Crippen LogP contribution in [0.2, 0.25) is 0 Å². The third-order valence-corrected chi connectivity index (χ3v) is 2.52. The van der Waals surface area contributed by atoms with Crippen LogP contribution in [0.25, 0.3) is 0 Å². The Morgan fingerprint density at radius 2 is 2.07 bits per heavy atom. The van der Waals surface area contributed by atoms with E-state index in [-0.39, 0.29) is 5.78 Å². The first kappa shape index (κ1) is 11.1. The van der Waals surface area contributed by atoms with Gasteiger partial charge in [0.25, 0.3) is 0 Å². The number of hydrogen-bond donors (Lipinski definition) is 0. The second kappa shape index (κ2) is 5.05. The highest BCUT2D eigenvalue weighted by Gasteiger charge is 2.04. The SMILES string of the molecule is CCC(=Nc1ccccc1Br)C(C)=O. The van der Waals surface area contributed by atoms with Gasteiger partial charge in [0, 0.05) is 11.4 Å². The van der Waals surface area contributed by atoms with E-state index in [0.717, 1.165) is 10.2 Å². The van der Waals surface area contributed by atoms with Crippen LogP contribution in [0.4, 0.5) is 5.69 Å². The molecule has 1 aromatic carbocycles. The summed E-state index contributed by atoms with van der Waals surface area (Å²) in [7, 11) is 0. The molecule has 0 aliphatic rings. The van der Waals surface area contributed by atoms with Crippen LogP contribution in [-0.4, -0.2) is 11.5 Å². The van der Waals surface area contributed by atoms with Crippen LogP contribution in [0.1, 0.15) is 20.3 Å². The molecule has 0 aliphatic heterocycles. The predicted octanol–water partition coefficient (Wildman–Crippen LogP) is 3.52. The molecule has 0 saturated carbocycles. The van der Waals surface area contributed by atoms with E-state index < -0.39 is 0 Å². The summed E-state index contributed by atoms with van der Waals surface area (Å²) in [5, 5.41) is 0. The monoisotopic (exact) mass is 253 g/mol. The highest BCUT2D eigenvalue weighted by atomic mass is 79.9. The zero-order valence-corrected chi connectivity index (χ0v) is 9.84. The zero-order valence-electron chi connectivity index (χ0n) is 8.25. The lowest BCUT2D eigenvalue weighted by molar-refractivity contribution is -0.111. The maximum atomic E-state index is 11.1. The molecular formula is C11H12BrNO. The summed E-state index contributed by atoms with van der Waals surface area (Å²) in [6.45, 7) is 3.47. The van der Waals surface area contributed by atoms with Gasteiger partial charge in [-0.05, 0) is 34.5 Å². The van der Waals surface area contributed by atoms with Gasteiger partial charge in [-0.1, -0.05) is 19.1 Å². The number of carbonyl (C=O) groups excluding carboxylic acids is 1. The number of Topliss-reactive ketones (excluding diaryl/α,β-unsaturated/α-hetero) is 1. The summed E-state index contributed by atoms with van der Waals surface area (Å²) in [5.74, 6) is 0.0308. The fraction of sp³-hybridized carbons (Fsp3) is 0.273. The summed E-state index contributed by atoms with van der Waals surface area (Å²) in [5.41, 5.74) is 1.41. The number of nitrogens with zero attached hydrogens (tertiary/aromatic N) is 1. The van der Waals surface area contributed by atoms with E-state index in [0.29, 0.717) is 12.1 Å². The van der Waals surface area contributed by atoms with E-state index in [9.17, 15) is 4.79 Å². The molecule has 1 aromatic rings. The first-order valence-corrected chi connectivity index (χ1v) is 5.27. The van der Waals surface area contributed by atoms with E-state index >= 15 is 0 Å². The Morgan fingerprint density at radius 1 is 1.43 bits per heavy atom. The largest absolute Gasteiger partial charge is 0.293 e. The maximum absolute atomic E-state index is 11.1. The topological polar surface area (TPSA) is 29.4 Å². The number of halogens is 1. The minimum Gasteiger partial charge on any atom is -0.293 e. The summed E-state index contributed by atoms with van der Waals surface area (Å²) in [6.07, 6.45) is 0.663. The van der Waals surface area contributed by atoms with E-state index in [1.165, 1.54) is 0 Å². The number of rotatable bonds is 3. The third kappa shape index (κ3) is 2.77. The molecule has 0 aliphatic carbocycles. The minimum atomic E-state index is 0.0308. The van der Waals surface area contributed by atoms with E-state index in [1.54, 1.807) is 6.92 Å². The quantitative estimate of drug-likeness (QED) is 0.759. The van der Waals surface area contributed by atoms with Crippen molar-refractivity contribution in [2.75, 3.05) is 0 Å². The standard InChI is InChI=1S/C11H12BrNO/c1-3-10(8(2)14)13-11-7-5-4-6-9(11)12/h4-7H,3H2,1-2H3. The Kier molecular flexibility index (Phi) is 4.01. The lowest BCUT2D eigenvalue weighted by Gasteiger charge is -2.00. The van der Waals surface area contributed by atoms with E-state index in [4.69, 9.17) is 0 Å². The van der Waals surface area contributed by atoms with Crippen molar-refractivity contribution in [3.8, 4) is 0 Å². The van der Waals surface area contributed by atoms with Crippen LogP contribution in [-0.2, 0) is 4.79 Å². The third-order valence-electron chi connectivity index (χ3n) is 1.85. The number of ketones is 1. The van der Waals surface area contributed by atoms with Gasteiger partial charge in [-0.2, -0.15) is 0 Å². The molecule has 3 heteroatoms. The van der Waals surface area contributed by atoms with Crippen LogP contribution < -0.4 is 0 Å². The van der Waals surface area contributed by atoms with Crippen molar-refractivity contribution in [3.05, 3.63) is 28.7 Å². The molecule has 1 rings (SSSR count). The highest BCUT2D eigenvalue weighted by molar-refractivity contribution is 9.10. The fourth-order valence-corrected chi connectivity index (χ4v) is 1.47. The Hall–Kier alpha value is -0.960. The van der Waals surface area contributed by atoms with Crippen LogP contribution >= 0.6 is 15.9 Å². The first-order valence-electron chi connectivity index (χ1n) is 4.48. The lowest BCUT2D eigenvalue weighted by atomic mass is 10.2. The average molecular weight is 254 g/mol. The van der Waals surface area contributed by atoms with Crippen molar-refractivity contribution < 1.29 is 4.79 Å². The van der Waals surface area contributed by atoms with Gasteiger partial charge < -0.3 is 0 Å².